The van der Waals surface area contributed by atoms with Crippen LogP contribution in [0.2, 0.25) is 0 Å². The van der Waals surface area contributed by atoms with Crippen molar-refractivity contribution in [3.8, 4) is 0 Å². The van der Waals surface area contributed by atoms with Crippen molar-refractivity contribution in [2.45, 2.75) is 19.1 Å². The molecule has 28 heavy (non-hydrogen) atoms. The van der Waals surface area contributed by atoms with E-state index in [9.17, 15) is 9.59 Å². The van der Waals surface area contributed by atoms with E-state index in [0.29, 0.717) is 18.7 Å². The molecule has 0 fully saturated rings. The molecule has 0 radical (unpaired) electrons. The lowest BCUT2D eigenvalue weighted by Gasteiger charge is -2.34. The quantitative estimate of drug-likeness (QED) is 0.634. The van der Waals surface area contributed by atoms with E-state index in [0.717, 1.165) is 16.8 Å². The first-order valence-corrected chi connectivity index (χ1v) is 8.69. The van der Waals surface area contributed by atoms with Gasteiger partial charge in [0, 0.05) is 12.7 Å². The normalized spacial score (nSPS) is 15.5. The summed E-state index contributed by atoms with van der Waals surface area (Å²) in [5, 5.41) is 0. The molecule has 0 saturated heterocycles. The fourth-order valence-electron chi connectivity index (χ4n) is 3.41. The summed E-state index contributed by atoms with van der Waals surface area (Å²) in [5.41, 5.74) is 3.33. The Balaban J connectivity index is 0.00000225. The summed E-state index contributed by atoms with van der Waals surface area (Å²) in [6.07, 6.45) is 3.48. The third-order valence-electron chi connectivity index (χ3n) is 4.79. The molecular weight excluding hydrogens is 378 g/mol. The molecule has 0 saturated carbocycles. The summed E-state index contributed by atoms with van der Waals surface area (Å²) in [6, 6.07) is 16.4. The van der Waals surface area contributed by atoms with Gasteiger partial charge in [-0.05, 0) is 23.3 Å². The zero-order chi connectivity index (χ0) is 18.8. The molecule has 1 aliphatic heterocycles. The number of benzene rings is 2. The number of carbonyl (C=O) groups excluding carboxylic acids is 2. The Morgan fingerprint density at radius 3 is 2.54 bits per heavy atom. The van der Waals surface area contributed by atoms with E-state index in [-0.39, 0.29) is 18.3 Å². The highest BCUT2D eigenvalue weighted by molar-refractivity contribution is 5.90. The smallest absolute Gasteiger partial charge is 0.337 e. The number of esters is 1. The molecule has 6 nitrogen and oxygen atoms in total. The number of hydrogen-bond donors (Lipinski definition) is 0. The van der Waals surface area contributed by atoms with Crippen LogP contribution in [0.4, 0.5) is 0 Å². The van der Waals surface area contributed by atoms with Gasteiger partial charge in [0.05, 0.1) is 31.2 Å². The first-order chi connectivity index (χ1) is 13.2. The van der Waals surface area contributed by atoms with Crippen LogP contribution in [0.5, 0.6) is 0 Å². The number of methoxy groups -OCH3 is 1. The van der Waals surface area contributed by atoms with Crippen molar-refractivity contribution in [3.05, 3.63) is 89.5 Å². The van der Waals surface area contributed by atoms with E-state index in [1.165, 1.54) is 7.11 Å². The van der Waals surface area contributed by atoms with Gasteiger partial charge in [-0.2, -0.15) is 0 Å². The van der Waals surface area contributed by atoms with E-state index in [4.69, 9.17) is 4.74 Å². The Labute approximate surface area is 169 Å². The fourth-order valence-corrected chi connectivity index (χ4v) is 3.41. The molecule has 1 amide bonds. The summed E-state index contributed by atoms with van der Waals surface area (Å²) in [6.45, 7) is 1.06. The Hall–Kier alpha value is -3.12. The SMILES string of the molecule is COC(=O)c1ccc(C2C(=O)N(Cc3ccccc3)Cc3cncn32)cc1.Cl. The molecule has 0 aliphatic carbocycles. The van der Waals surface area contributed by atoms with E-state index in [2.05, 4.69) is 4.98 Å². The Kier molecular flexibility index (Phi) is 5.80. The summed E-state index contributed by atoms with van der Waals surface area (Å²) >= 11 is 0. The van der Waals surface area contributed by atoms with Crippen LogP contribution in [0.25, 0.3) is 0 Å². The Morgan fingerprint density at radius 2 is 1.86 bits per heavy atom. The molecule has 1 aromatic heterocycles. The highest BCUT2D eigenvalue weighted by Crippen LogP contribution is 2.29. The van der Waals surface area contributed by atoms with Crippen LogP contribution in [0.3, 0.4) is 0 Å². The molecule has 1 atom stereocenters. The minimum Gasteiger partial charge on any atom is -0.465 e. The van der Waals surface area contributed by atoms with Gasteiger partial charge in [0.15, 0.2) is 0 Å². The molecule has 0 N–H and O–H groups in total. The predicted molar refractivity (Wildman–Crippen MR) is 106 cm³/mol. The molecule has 4 rings (SSSR count). The third-order valence-corrected chi connectivity index (χ3v) is 4.79. The molecule has 0 spiro atoms. The van der Waals surface area contributed by atoms with E-state index < -0.39 is 12.0 Å². The number of aromatic nitrogens is 2. The minimum absolute atomic E-state index is 0. The number of imidazole rings is 1. The van der Waals surface area contributed by atoms with Crippen molar-refractivity contribution in [2.75, 3.05) is 7.11 Å². The average Bonchev–Trinajstić information content (AvgIpc) is 3.17. The lowest BCUT2D eigenvalue weighted by molar-refractivity contribution is -0.136. The van der Waals surface area contributed by atoms with Crippen molar-refractivity contribution in [3.63, 3.8) is 0 Å². The third kappa shape index (κ3) is 3.64. The van der Waals surface area contributed by atoms with Gasteiger partial charge in [0.25, 0.3) is 5.91 Å². The van der Waals surface area contributed by atoms with Crippen LogP contribution < -0.4 is 0 Å². The van der Waals surface area contributed by atoms with Gasteiger partial charge in [0.1, 0.15) is 6.04 Å². The zero-order valence-electron chi connectivity index (χ0n) is 15.3. The molecule has 1 aliphatic rings. The van der Waals surface area contributed by atoms with Gasteiger partial charge >= 0.3 is 5.97 Å². The lowest BCUT2D eigenvalue weighted by Crippen LogP contribution is -2.42. The number of carbonyl (C=O) groups is 2. The van der Waals surface area contributed by atoms with Crippen LogP contribution >= 0.6 is 12.4 Å². The van der Waals surface area contributed by atoms with Crippen molar-refractivity contribution in [1.82, 2.24) is 14.5 Å². The maximum Gasteiger partial charge on any atom is 0.337 e. The molecular formula is C21H20ClN3O3. The van der Waals surface area contributed by atoms with Gasteiger partial charge in [-0.15, -0.1) is 12.4 Å². The molecule has 2 aromatic carbocycles. The van der Waals surface area contributed by atoms with Crippen LogP contribution in [0.1, 0.15) is 33.2 Å². The van der Waals surface area contributed by atoms with Crippen molar-refractivity contribution in [1.29, 1.82) is 0 Å². The van der Waals surface area contributed by atoms with Crippen molar-refractivity contribution < 1.29 is 14.3 Å². The maximum atomic E-state index is 13.3. The molecule has 1 unspecified atom stereocenters. The van der Waals surface area contributed by atoms with Gasteiger partial charge in [0.2, 0.25) is 0 Å². The second kappa shape index (κ2) is 8.27. The standard InChI is InChI=1S/C21H19N3O3.ClH/c1-27-21(26)17-9-7-16(8-10-17)19-20(25)23(12-15-5-3-2-4-6-15)13-18-11-22-14-24(18)19;/h2-11,14,19H,12-13H2,1H3;1H. The summed E-state index contributed by atoms with van der Waals surface area (Å²) in [7, 11) is 1.35. The van der Waals surface area contributed by atoms with Crippen molar-refractivity contribution >= 4 is 24.3 Å². The number of hydrogen-bond acceptors (Lipinski definition) is 4. The Morgan fingerprint density at radius 1 is 1.14 bits per heavy atom. The van der Waals surface area contributed by atoms with E-state index in [1.807, 2.05) is 39.8 Å². The number of halogens is 1. The fraction of sp³-hybridized carbons (Fsp3) is 0.190. The van der Waals surface area contributed by atoms with Gasteiger partial charge < -0.3 is 14.2 Å². The van der Waals surface area contributed by atoms with Crippen LogP contribution in [-0.2, 0) is 22.6 Å². The lowest BCUT2D eigenvalue weighted by atomic mass is 10.0. The topological polar surface area (TPSA) is 64.4 Å². The Bertz CT molecular complexity index is 970. The van der Waals surface area contributed by atoms with Crippen LogP contribution in [0, 0.1) is 0 Å². The van der Waals surface area contributed by atoms with Gasteiger partial charge in [-0.3, -0.25) is 4.79 Å². The first-order valence-electron chi connectivity index (χ1n) is 8.69. The summed E-state index contributed by atoms with van der Waals surface area (Å²) in [4.78, 5) is 31.0. The second-order valence-electron chi connectivity index (χ2n) is 6.49. The van der Waals surface area contributed by atoms with Gasteiger partial charge in [-0.25, -0.2) is 9.78 Å². The summed E-state index contributed by atoms with van der Waals surface area (Å²) < 4.78 is 6.64. The van der Waals surface area contributed by atoms with Gasteiger partial charge in [-0.1, -0.05) is 42.5 Å². The maximum absolute atomic E-state index is 13.3. The average molecular weight is 398 g/mol. The molecule has 3 aromatic rings. The number of fused-ring (bicyclic) bond motifs is 1. The largest absolute Gasteiger partial charge is 0.465 e. The molecule has 2 heterocycles. The van der Waals surface area contributed by atoms with Crippen LogP contribution in [-0.4, -0.2) is 33.4 Å². The monoisotopic (exact) mass is 397 g/mol. The first kappa shape index (κ1) is 19.6. The molecule has 144 valence electrons. The number of ether oxygens (including phenoxy) is 1. The number of amides is 1. The van der Waals surface area contributed by atoms with Crippen molar-refractivity contribution in [2.24, 2.45) is 0 Å². The molecule has 0 bridgehead atoms. The second-order valence-corrected chi connectivity index (χ2v) is 6.49. The highest BCUT2D eigenvalue weighted by atomic mass is 35.5. The van der Waals surface area contributed by atoms with E-state index >= 15 is 0 Å². The summed E-state index contributed by atoms with van der Waals surface area (Å²) in [5.74, 6) is -0.388. The predicted octanol–water partition coefficient (Wildman–Crippen LogP) is 3.22. The highest BCUT2D eigenvalue weighted by Gasteiger charge is 2.34. The molecule has 7 heteroatoms. The zero-order valence-corrected chi connectivity index (χ0v) is 16.1. The van der Waals surface area contributed by atoms with Crippen LogP contribution in [0.15, 0.2) is 67.1 Å². The number of rotatable bonds is 4. The minimum atomic E-state index is -0.494. The number of nitrogens with zero attached hydrogens (tertiary/aromatic N) is 3. The van der Waals surface area contributed by atoms with E-state index in [1.54, 1.807) is 36.8 Å².